The summed E-state index contributed by atoms with van der Waals surface area (Å²) >= 11 is 0. The molecule has 0 aliphatic rings. The molecule has 0 fully saturated rings. The lowest BCUT2D eigenvalue weighted by Gasteiger charge is -2.05. The Kier molecular flexibility index (Phi) is 4.84. The van der Waals surface area contributed by atoms with Crippen LogP contribution >= 0.6 is 0 Å². The smallest absolute Gasteiger partial charge is 0.166 e. The largest absolute Gasteiger partial charge is 0.336 e. The van der Waals surface area contributed by atoms with Crippen LogP contribution in [0.3, 0.4) is 0 Å². The number of aromatic amines is 2. The molecule has 0 radical (unpaired) electrons. The van der Waals surface area contributed by atoms with Crippen molar-refractivity contribution in [1.29, 1.82) is 0 Å². The fourth-order valence-corrected chi connectivity index (χ4v) is 4.01. The van der Waals surface area contributed by atoms with E-state index in [9.17, 15) is 0 Å². The minimum Gasteiger partial charge on any atom is -0.336 e. The van der Waals surface area contributed by atoms with E-state index >= 15 is 0 Å². The molecule has 6 heterocycles. The third kappa shape index (κ3) is 3.50. The van der Waals surface area contributed by atoms with Crippen molar-refractivity contribution in [3.63, 3.8) is 0 Å². The van der Waals surface area contributed by atoms with Gasteiger partial charge in [0.05, 0.1) is 28.6 Å². The Balaban J connectivity index is 1.44. The third-order valence-corrected chi connectivity index (χ3v) is 5.68. The van der Waals surface area contributed by atoms with Gasteiger partial charge < -0.3 is 10.3 Å². The van der Waals surface area contributed by atoms with Crippen molar-refractivity contribution in [1.82, 2.24) is 50.0 Å². The summed E-state index contributed by atoms with van der Waals surface area (Å²) < 4.78 is 1.88. The van der Waals surface area contributed by atoms with E-state index in [2.05, 4.69) is 53.4 Å². The highest BCUT2D eigenvalue weighted by molar-refractivity contribution is 5.95. The van der Waals surface area contributed by atoms with Crippen molar-refractivity contribution in [3.8, 4) is 28.6 Å². The molecule has 168 valence electrons. The van der Waals surface area contributed by atoms with Crippen LogP contribution in [0.2, 0.25) is 0 Å². The highest BCUT2D eigenvalue weighted by Gasteiger charge is 2.17. The zero-order chi connectivity index (χ0) is 23.1. The van der Waals surface area contributed by atoms with E-state index in [0.717, 1.165) is 63.2 Å². The van der Waals surface area contributed by atoms with Gasteiger partial charge in [-0.1, -0.05) is 6.92 Å². The van der Waals surface area contributed by atoms with Crippen LogP contribution in [0.15, 0.2) is 55.5 Å². The van der Waals surface area contributed by atoms with Crippen LogP contribution in [0.4, 0.5) is 0 Å². The molecular weight excluding hydrogens is 428 g/mol. The molecule has 6 rings (SSSR count). The lowest BCUT2D eigenvalue weighted by atomic mass is 10.1. The fourth-order valence-electron chi connectivity index (χ4n) is 4.01. The molecule has 0 saturated carbocycles. The molecule has 0 saturated heterocycles. The second kappa shape index (κ2) is 8.16. The van der Waals surface area contributed by atoms with E-state index in [1.54, 1.807) is 18.7 Å². The second-order valence-electron chi connectivity index (χ2n) is 8.09. The quantitative estimate of drug-likeness (QED) is 0.354. The van der Waals surface area contributed by atoms with Gasteiger partial charge in [0.1, 0.15) is 17.5 Å². The summed E-state index contributed by atoms with van der Waals surface area (Å²) in [4.78, 5) is 26.1. The van der Waals surface area contributed by atoms with Gasteiger partial charge in [0.15, 0.2) is 11.6 Å². The van der Waals surface area contributed by atoms with Crippen LogP contribution in [0.1, 0.15) is 18.2 Å². The molecule has 3 N–H and O–H groups in total. The minimum atomic E-state index is 0.656. The van der Waals surface area contributed by atoms with Crippen LogP contribution in [0.25, 0.3) is 50.5 Å². The number of imidazole rings is 2. The molecule has 0 spiro atoms. The SMILES string of the molecule is CCNCc1cncc(-c2cc3c(-c4nc5c(-n6cnc(C)c6)nccc5[nH]4)n[nH]c3cn2)c1. The number of hydrogen-bond donors (Lipinski definition) is 3. The van der Waals surface area contributed by atoms with Gasteiger partial charge in [0.25, 0.3) is 0 Å². The van der Waals surface area contributed by atoms with Crippen molar-refractivity contribution in [2.75, 3.05) is 6.54 Å². The van der Waals surface area contributed by atoms with Crippen LogP contribution in [-0.2, 0) is 6.54 Å². The zero-order valence-corrected chi connectivity index (χ0v) is 18.7. The van der Waals surface area contributed by atoms with E-state index in [-0.39, 0.29) is 0 Å². The minimum absolute atomic E-state index is 0.656. The topological polar surface area (TPSA) is 126 Å². The van der Waals surface area contributed by atoms with Crippen LogP contribution in [0.5, 0.6) is 0 Å². The summed E-state index contributed by atoms with van der Waals surface area (Å²) in [5.74, 6) is 1.37. The standard InChI is InChI=1S/C24H22N10/c1-3-25-8-15-6-16(10-26-9-15)19-7-17-20(11-28-19)32-33-21(17)23-30-18-4-5-27-24(22(18)31-23)34-12-14(2)29-13-34/h4-7,9-13,25H,3,8H2,1-2H3,(H,30,31)(H,32,33). The number of hydrogen-bond acceptors (Lipinski definition) is 7. The second-order valence-corrected chi connectivity index (χ2v) is 8.09. The van der Waals surface area contributed by atoms with Crippen molar-refractivity contribution in [2.45, 2.75) is 20.4 Å². The highest BCUT2D eigenvalue weighted by Crippen LogP contribution is 2.30. The van der Waals surface area contributed by atoms with E-state index in [4.69, 9.17) is 4.98 Å². The summed E-state index contributed by atoms with van der Waals surface area (Å²) in [5, 5.41) is 11.9. The molecule has 0 bridgehead atoms. The summed E-state index contributed by atoms with van der Waals surface area (Å²) in [6.45, 7) is 5.70. The number of nitrogens with one attached hydrogen (secondary N) is 3. The van der Waals surface area contributed by atoms with E-state index < -0.39 is 0 Å². The molecule has 6 aromatic heterocycles. The molecule has 0 amide bonds. The maximum absolute atomic E-state index is 4.85. The number of H-pyrrole nitrogens is 2. The lowest BCUT2D eigenvalue weighted by molar-refractivity contribution is 0.724. The number of pyridine rings is 3. The number of rotatable bonds is 6. The third-order valence-electron chi connectivity index (χ3n) is 5.68. The van der Waals surface area contributed by atoms with Crippen molar-refractivity contribution in [2.24, 2.45) is 0 Å². The zero-order valence-electron chi connectivity index (χ0n) is 18.7. The number of aryl methyl sites for hydroxylation is 1. The Bertz CT molecular complexity index is 1620. The molecule has 34 heavy (non-hydrogen) atoms. The molecule has 10 heteroatoms. The van der Waals surface area contributed by atoms with Gasteiger partial charge in [-0.3, -0.25) is 19.6 Å². The Hall–Kier alpha value is -4.44. The average molecular weight is 451 g/mol. The van der Waals surface area contributed by atoms with Crippen LogP contribution < -0.4 is 5.32 Å². The maximum atomic E-state index is 4.85. The van der Waals surface area contributed by atoms with Gasteiger partial charge in [-0.05, 0) is 37.2 Å². The first-order valence-electron chi connectivity index (χ1n) is 11.0. The predicted molar refractivity (Wildman–Crippen MR) is 129 cm³/mol. The molecule has 6 aromatic rings. The van der Waals surface area contributed by atoms with Gasteiger partial charge in [-0.2, -0.15) is 5.10 Å². The van der Waals surface area contributed by atoms with Crippen molar-refractivity contribution >= 4 is 21.9 Å². The fraction of sp³-hybridized carbons (Fsp3) is 0.167. The Labute approximate surface area is 194 Å². The first-order chi connectivity index (χ1) is 16.7. The number of fused-ring (bicyclic) bond motifs is 2. The number of aromatic nitrogens is 9. The molecule has 0 unspecified atom stereocenters. The van der Waals surface area contributed by atoms with Crippen LogP contribution in [-0.4, -0.2) is 51.2 Å². The maximum Gasteiger partial charge on any atom is 0.166 e. The van der Waals surface area contributed by atoms with E-state index in [1.165, 1.54) is 0 Å². The summed E-state index contributed by atoms with van der Waals surface area (Å²) in [6.07, 6.45) is 10.9. The van der Waals surface area contributed by atoms with E-state index in [1.807, 2.05) is 42.2 Å². The van der Waals surface area contributed by atoms with E-state index in [0.29, 0.717) is 11.6 Å². The molecule has 0 atom stereocenters. The first-order valence-corrected chi connectivity index (χ1v) is 11.0. The lowest BCUT2D eigenvalue weighted by Crippen LogP contribution is -2.11. The highest BCUT2D eigenvalue weighted by atomic mass is 15.2. The van der Waals surface area contributed by atoms with Gasteiger partial charge in [0.2, 0.25) is 0 Å². The predicted octanol–water partition coefficient (Wildman–Crippen LogP) is 3.56. The van der Waals surface area contributed by atoms with Gasteiger partial charge in [-0.25, -0.2) is 15.0 Å². The van der Waals surface area contributed by atoms with Crippen molar-refractivity contribution < 1.29 is 0 Å². The number of nitrogens with zero attached hydrogens (tertiary/aromatic N) is 7. The first kappa shape index (κ1) is 20.2. The Morgan fingerprint density at radius 1 is 1.06 bits per heavy atom. The molecule has 0 aromatic carbocycles. The van der Waals surface area contributed by atoms with Crippen LogP contribution in [0, 0.1) is 6.92 Å². The molecule has 0 aliphatic carbocycles. The Morgan fingerprint density at radius 2 is 2.00 bits per heavy atom. The summed E-state index contributed by atoms with van der Waals surface area (Å²) in [5.41, 5.74) is 6.98. The van der Waals surface area contributed by atoms with Gasteiger partial charge in [0, 0.05) is 42.3 Å². The summed E-state index contributed by atoms with van der Waals surface area (Å²) in [7, 11) is 0. The van der Waals surface area contributed by atoms with Gasteiger partial charge >= 0.3 is 0 Å². The monoisotopic (exact) mass is 450 g/mol. The van der Waals surface area contributed by atoms with Gasteiger partial charge in [-0.15, -0.1) is 0 Å². The Morgan fingerprint density at radius 3 is 2.85 bits per heavy atom. The summed E-state index contributed by atoms with van der Waals surface area (Å²) in [6, 6.07) is 6.03. The molecule has 10 nitrogen and oxygen atoms in total. The molecule has 0 aliphatic heterocycles. The molecular formula is C24H22N10. The average Bonchev–Trinajstić information content (AvgIpc) is 3.59. The normalized spacial score (nSPS) is 11.6. The van der Waals surface area contributed by atoms with Crippen molar-refractivity contribution in [3.05, 3.63) is 66.8 Å².